The van der Waals surface area contributed by atoms with Gasteiger partial charge in [0.15, 0.2) is 0 Å². The Balaban J connectivity index is 1.98. The summed E-state index contributed by atoms with van der Waals surface area (Å²) in [6.45, 7) is 6.61. The van der Waals surface area contributed by atoms with Crippen molar-refractivity contribution in [1.29, 1.82) is 0 Å². The van der Waals surface area contributed by atoms with E-state index in [9.17, 15) is 9.59 Å². The molecule has 0 saturated heterocycles. The van der Waals surface area contributed by atoms with E-state index in [2.05, 4.69) is 0 Å². The summed E-state index contributed by atoms with van der Waals surface area (Å²) in [7, 11) is 1.35. The van der Waals surface area contributed by atoms with Crippen molar-refractivity contribution in [3.8, 4) is 0 Å². The van der Waals surface area contributed by atoms with Crippen molar-refractivity contribution in [2.24, 2.45) is 0 Å². The number of aromatic nitrogens is 1. The SMILES string of the molecule is CCN(C(=O)Cn1c(C(=O)OC)cc2sc(C)cc21)c1cccc(C)c1. The number of rotatable bonds is 5. The van der Waals surface area contributed by atoms with E-state index >= 15 is 0 Å². The summed E-state index contributed by atoms with van der Waals surface area (Å²) in [6.07, 6.45) is 0. The second-order valence-corrected chi connectivity index (χ2v) is 7.48. The van der Waals surface area contributed by atoms with Crippen molar-refractivity contribution < 1.29 is 14.3 Å². The number of carbonyl (C=O) groups is 2. The minimum atomic E-state index is -0.433. The van der Waals surface area contributed by atoms with Crippen molar-refractivity contribution in [1.82, 2.24) is 4.57 Å². The maximum atomic E-state index is 13.0. The van der Waals surface area contributed by atoms with E-state index in [1.807, 2.05) is 51.1 Å². The third-order valence-electron chi connectivity index (χ3n) is 4.33. The number of methoxy groups -OCH3 is 1. The number of aryl methyl sites for hydroxylation is 2. The highest BCUT2D eigenvalue weighted by Gasteiger charge is 2.22. The lowest BCUT2D eigenvalue weighted by molar-refractivity contribution is -0.119. The minimum Gasteiger partial charge on any atom is -0.464 e. The molecule has 6 heteroatoms. The van der Waals surface area contributed by atoms with Crippen LogP contribution in [0.3, 0.4) is 0 Å². The first-order chi connectivity index (χ1) is 12.4. The van der Waals surface area contributed by atoms with Crippen LogP contribution in [0.2, 0.25) is 0 Å². The van der Waals surface area contributed by atoms with Gasteiger partial charge in [-0.05, 0) is 50.6 Å². The highest BCUT2D eigenvalue weighted by molar-refractivity contribution is 7.19. The molecule has 2 heterocycles. The molecule has 0 aliphatic carbocycles. The monoisotopic (exact) mass is 370 g/mol. The number of hydrogen-bond donors (Lipinski definition) is 0. The zero-order valence-electron chi connectivity index (χ0n) is 15.4. The summed E-state index contributed by atoms with van der Waals surface area (Å²) in [5, 5.41) is 0. The number of amides is 1. The average molecular weight is 370 g/mol. The van der Waals surface area contributed by atoms with Gasteiger partial charge in [0.05, 0.1) is 17.3 Å². The fraction of sp³-hybridized carbons (Fsp3) is 0.300. The maximum absolute atomic E-state index is 13.0. The van der Waals surface area contributed by atoms with E-state index in [-0.39, 0.29) is 12.5 Å². The Hall–Kier alpha value is -2.60. The number of ether oxygens (including phenoxy) is 1. The normalized spacial score (nSPS) is 10.9. The number of carbonyl (C=O) groups excluding carboxylic acids is 2. The predicted molar refractivity (Wildman–Crippen MR) is 105 cm³/mol. The van der Waals surface area contributed by atoms with Crippen LogP contribution in [0.15, 0.2) is 36.4 Å². The molecule has 1 aromatic carbocycles. The van der Waals surface area contributed by atoms with Gasteiger partial charge in [0.1, 0.15) is 12.2 Å². The van der Waals surface area contributed by atoms with Gasteiger partial charge in [-0.25, -0.2) is 4.79 Å². The van der Waals surface area contributed by atoms with E-state index in [4.69, 9.17) is 4.74 Å². The molecule has 1 amide bonds. The summed E-state index contributed by atoms with van der Waals surface area (Å²) in [6, 6.07) is 11.7. The van der Waals surface area contributed by atoms with Gasteiger partial charge in [0.2, 0.25) is 5.91 Å². The molecule has 0 N–H and O–H groups in total. The van der Waals surface area contributed by atoms with Crippen molar-refractivity contribution in [2.75, 3.05) is 18.6 Å². The van der Waals surface area contributed by atoms with Crippen molar-refractivity contribution in [3.05, 3.63) is 52.5 Å². The smallest absolute Gasteiger partial charge is 0.354 e. The molecule has 0 bridgehead atoms. The lowest BCUT2D eigenvalue weighted by Crippen LogP contribution is -2.34. The standard InChI is InChI=1S/C20H22N2O3S/c1-5-21(15-8-6-7-13(2)9-15)19(23)12-22-16-10-14(3)26-18(16)11-17(22)20(24)25-4/h6-11H,5,12H2,1-4H3. The number of likely N-dealkylation sites (N-methyl/N-ethyl adjacent to an activating group) is 1. The summed E-state index contributed by atoms with van der Waals surface area (Å²) < 4.78 is 7.63. The minimum absolute atomic E-state index is 0.0652. The molecule has 0 saturated carbocycles. The van der Waals surface area contributed by atoms with Crippen LogP contribution in [0.25, 0.3) is 10.2 Å². The Morgan fingerprint density at radius 2 is 1.96 bits per heavy atom. The molecular formula is C20H22N2O3S. The quantitative estimate of drug-likeness (QED) is 0.634. The topological polar surface area (TPSA) is 51.5 Å². The van der Waals surface area contributed by atoms with Gasteiger partial charge in [-0.1, -0.05) is 12.1 Å². The number of fused-ring (bicyclic) bond motifs is 1. The van der Waals surface area contributed by atoms with Crippen LogP contribution >= 0.6 is 11.3 Å². The summed E-state index contributed by atoms with van der Waals surface area (Å²) in [5.74, 6) is -0.498. The van der Waals surface area contributed by atoms with E-state index in [0.29, 0.717) is 12.2 Å². The van der Waals surface area contributed by atoms with E-state index in [0.717, 1.165) is 26.3 Å². The van der Waals surface area contributed by atoms with E-state index < -0.39 is 5.97 Å². The van der Waals surface area contributed by atoms with Crippen LogP contribution in [0.4, 0.5) is 5.69 Å². The van der Waals surface area contributed by atoms with Crippen molar-refractivity contribution in [3.63, 3.8) is 0 Å². The molecule has 0 aliphatic heterocycles. The Morgan fingerprint density at radius 1 is 1.19 bits per heavy atom. The van der Waals surface area contributed by atoms with Crippen LogP contribution in [0.1, 0.15) is 27.9 Å². The molecule has 0 radical (unpaired) electrons. The molecule has 0 atom stereocenters. The molecule has 2 aromatic heterocycles. The molecule has 3 rings (SSSR count). The fourth-order valence-corrected chi connectivity index (χ4v) is 4.09. The van der Waals surface area contributed by atoms with Gasteiger partial charge >= 0.3 is 5.97 Å². The fourth-order valence-electron chi connectivity index (χ4n) is 3.13. The molecular weight excluding hydrogens is 348 g/mol. The zero-order valence-corrected chi connectivity index (χ0v) is 16.2. The van der Waals surface area contributed by atoms with Crippen LogP contribution < -0.4 is 4.90 Å². The number of nitrogens with zero attached hydrogens (tertiary/aromatic N) is 2. The largest absolute Gasteiger partial charge is 0.464 e. The zero-order chi connectivity index (χ0) is 18.8. The lowest BCUT2D eigenvalue weighted by atomic mass is 10.2. The van der Waals surface area contributed by atoms with Crippen molar-refractivity contribution >= 4 is 39.1 Å². The average Bonchev–Trinajstić information content (AvgIpc) is 3.12. The van der Waals surface area contributed by atoms with Gasteiger partial charge in [0.25, 0.3) is 0 Å². The van der Waals surface area contributed by atoms with E-state index in [1.54, 1.807) is 26.9 Å². The molecule has 0 unspecified atom stereocenters. The highest BCUT2D eigenvalue weighted by atomic mass is 32.1. The first-order valence-electron chi connectivity index (χ1n) is 8.49. The van der Waals surface area contributed by atoms with Crippen molar-refractivity contribution in [2.45, 2.75) is 27.3 Å². The Kier molecular flexibility index (Phi) is 5.13. The third kappa shape index (κ3) is 3.37. The highest BCUT2D eigenvalue weighted by Crippen LogP contribution is 2.29. The molecule has 0 fully saturated rings. The van der Waals surface area contributed by atoms with Crippen LogP contribution in [0.5, 0.6) is 0 Å². The lowest BCUT2D eigenvalue weighted by Gasteiger charge is -2.22. The van der Waals surface area contributed by atoms with Gasteiger partial charge in [-0.3, -0.25) is 4.79 Å². The molecule has 0 spiro atoms. The number of thiophene rings is 1. The van der Waals surface area contributed by atoms with Crippen LogP contribution in [-0.4, -0.2) is 30.1 Å². The van der Waals surface area contributed by atoms with Crippen LogP contribution in [-0.2, 0) is 16.1 Å². The third-order valence-corrected chi connectivity index (χ3v) is 5.32. The maximum Gasteiger partial charge on any atom is 0.354 e. The van der Waals surface area contributed by atoms with E-state index in [1.165, 1.54) is 7.11 Å². The molecule has 5 nitrogen and oxygen atoms in total. The Bertz CT molecular complexity index is 971. The predicted octanol–water partition coefficient (Wildman–Crippen LogP) is 4.16. The second kappa shape index (κ2) is 7.33. The first kappa shape index (κ1) is 18.2. The number of esters is 1. The molecule has 0 aliphatic rings. The Morgan fingerprint density at radius 3 is 2.62 bits per heavy atom. The van der Waals surface area contributed by atoms with Gasteiger partial charge in [-0.2, -0.15) is 0 Å². The molecule has 3 aromatic rings. The summed E-state index contributed by atoms with van der Waals surface area (Å²) in [4.78, 5) is 28.1. The number of benzene rings is 1. The molecule has 26 heavy (non-hydrogen) atoms. The van der Waals surface area contributed by atoms with Gasteiger partial charge in [0, 0.05) is 17.1 Å². The molecule has 136 valence electrons. The van der Waals surface area contributed by atoms with Gasteiger partial charge < -0.3 is 14.2 Å². The second-order valence-electron chi connectivity index (χ2n) is 6.19. The number of anilines is 1. The van der Waals surface area contributed by atoms with Gasteiger partial charge in [-0.15, -0.1) is 11.3 Å². The number of hydrogen-bond acceptors (Lipinski definition) is 4. The Labute approximate surface area is 156 Å². The van der Waals surface area contributed by atoms with Crippen LogP contribution in [0, 0.1) is 13.8 Å². The summed E-state index contributed by atoms with van der Waals surface area (Å²) >= 11 is 1.60. The first-order valence-corrected chi connectivity index (χ1v) is 9.31. The summed E-state index contributed by atoms with van der Waals surface area (Å²) in [5.41, 5.74) is 3.26.